The fourth-order valence-corrected chi connectivity index (χ4v) is 2.77. The molecule has 1 heterocycles. The summed E-state index contributed by atoms with van der Waals surface area (Å²) in [4.78, 5) is 12.0. The standard InChI is InChI=1S/C19H21FN2O2/c20-19-16-8-10-21-12-15(16)6-7-17(19)22-18(23)9-11-24-13-14-4-2-1-3-5-14/h1-7,21H,8-13H2,(H,22,23). The van der Waals surface area contributed by atoms with Crippen LogP contribution in [0.1, 0.15) is 23.1 Å². The minimum atomic E-state index is -0.312. The molecule has 2 N–H and O–H groups in total. The normalized spacial score (nSPS) is 13.4. The Hall–Kier alpha value is -2.24. The van der Waals surface area contributed by atoms with Crippen LogP contribution in [0.5, 0.6) is 0 Å². The number of ether oxygens (including phenoxy) is 1. The Balaban J connectivity index is 1.48. The Labute approximate surface area is 141 Å². The van der Waals surface area contributed by atoms with Gasteiger partial charge in [0.2, 0.25) is 5.91 Å². The molecule has 0 atom stereocenters. The average Bonchev–Trinajstić information content (AvgIpc) is 2.62. The highest BCUT2D eigenvalue weighted by molar-refractivity contribution is 5.91. The number of amides is 1. The molecule has 0 spiro atoms. The van der Waals surface area contributed by atoms with Crippen LogP contribution >= 0.6 is 0 Å². The van der Waals surface area contributed by atoms with Crippen molar-refractivity contribution >= 4 is 11.6 Å². The van der Waals surface area contributed by atoms with E-state index in [1.807, 2.05) is 36.4 Å². The fourth-order valence-electron chi connectivity index (χ4n) is 2.77. The van der Waals surface area contributed by atoms with Gasteiger partial charge in [-0.05, 0) is 35.7 Å². The van der Waals surface area contributed by atoms with Crippen molar-refractivity contribution in [2.75, 3.05) is 18.5 Å². The molecule has 0 saturated heterocycles. The molecule has 4 nitrogen and oxygen atoms in total. The Morgan fingerprint density at radius 1 is 1.21 bits per heavy atom. The van der Waals surface area contributed by atoms with Crippen molar-refractivity contribution in [1.82, 2.24) is 5.32 Å². The fraction of sp³-hybridized carbons (Fsp3) is 0.316. The number of carbonyl (C=O) groups is 1. The summed E-state index contributed by atoms with van der Waals surface area (Å²) in [6.45, 7) is 2.20. The van der Waals surface area contributed by atoms with E-state index >= 15 is 0 Å². The van der Waals surface area contributed by atoms with Crippen molar-refractivity contribution in [3.05, 3.63) is 65.0 Å². The summed E-state index contributed by atoms with van der Waals surface area (Å²) in [6, 6.07) is 13.3. The molecule has 0 unspecified atom stereocenters. The van der Waals surface area contributed by atoms with Crippen LogP contribution in [0.3, 0.4) is 0 Å². The van der Waals surface area contributed by atoms with Crippen LogP contribution in [0.25, 0.3) is 0 Å². The van der Waals surface area contributed by atoms with Gasteiger partial charge in [-0.2, -0.15) is 0 Å². The quantitative estimate of drug-likeness (QED) is 0.802. The molecule has 0 radical (unpaired) electrons. The van der Waals surface area contributed by atoms with Crippen molar-refractivity contribution in [3.8, 4) is 0 Å². The Kier molecular flexibility index (Phi) is 5.56. The number of rotatable bonds is 6. The summed E-state index contributed by atoms with van der Waals surface area (Å²) in [6.07, 6.45) is 0.843. The predicted octanol–water partition coefficient (Wildman–Crippen LogP) is 3.02. The van der Waals surface area contributed by atoms with Gasteiger partial charge in [0, 0.05) is 6.54 Å². The Morgan fingerprint density at radius 3 is 2.88 bits per heavy atom. The Morgan fingerprint density at radius 2 is 2.04 bits per heavy atom. The number of benzene rings is 2. The topological polar surface area (TPSA) is 50.4 Å². The predicted molar refractivity (Wildman–Crippen MR) is 91.2 cm³/mol. The van der Waals surface area contributed by atoms with Crippen LogP contribution in [0.2, 0.25) is 0 Å². The number of carbonyl (C=O) groups excluding carboxylic acids is 1. The van der Waals surface area contributed by atoms with Gasteiger partial charge in [0.15, 0.2) is 0 Å². The van der Waals surface area contributed by atoms with Crippen LogP contribution in [0.15, 0.2) is 42.5 Å². The second kappa shape index (κ2) is 8.04. The highest BCUT2D eigenvalue weighted by Crippen LogP contribution is 2.24. The molecule has 1 aliphatic heterocycles. The van der Waals surface area contributed by atoms with Crippen molar-refractivity contribution < 1.29 is 13.9 Å². The van der Waals surface area contributed by atoms with Crippen LogP contribution in [0.4, 0.5) is 10.1 Å². The number of hydrogen-bond acceptors (Lipinski definition) is 3. The summed E-state index contributed by atoms with van der Waals surface area (Å²) < 4.78 is 19.9. The van der Waals surface area contributed by atoms with E-state index in [1.54, 1.807) is 6.07 Å². The summed E-state index contributed by atoms with van der Waals surface area (Å²) in [5, 5.41) is 5.85. The van der Waals surface area contributed by atoms with Gasteiger partial charge in [-0.25, -0.2) is 4.39 Å². The molecule has 0 aliphatic carbocycles. The number of hydrogen-bond donors (Lipinski definition) is 2. The molecule has 2 aromatic rings. The number of fused-ring (bicyclic) bond motifs is 1. The molecule has 24 heavy (non-hydrogen) atoms. The molecule has 0 aromatic heterocycles. The highest BCUT2D eigenvalue weighted by Gasteiger charge is 2.17. The molecule has 1 amide bonds. The maximum atomic E-state index is 14.5. The van der Waals surface area contributed by atoms with E-state index in [2.05, 4.69) is 10.6 Å². The van der Waals surface area contributed by atoms with Crippen LogP contribution in [-0.4, -0.2) is 19.1 Å². The molecule has 5 heteroatoms. The third-order valence-electron chi connectivity index (χ3n) is 4.07. The van der Waals surface area contributed by atoms with Gasteiger partial charge >= 0.3 is 0 Å². The molecule has 0 bridgehead atoms. The lowest BCUT2D eigenvalue weighted by atomic mass is 9.99. The monoisotopic (exact) mass is 328 g/mol. The van der Waals surface area contributed by atoms with E-state index in [0.29, 0.717) is 31.7 Å². The first-order valence-corrected chi connectivity index (χ1v) is 8.16. The van der Waals surface area contributed by atoms with E-state index in [1.165, 1.54) is 0 Å². The first kappa shape index (κ1) is 16.6. The molecule has 3 rings (SSSR count). The smallest absolute Gasteiger partial charge is 0.226 e. The second-order valence-electron chi connectivity index (χ2n) is 5.83. The molecular formula is C19H21FN2O2. The van der Waals surface area contributed by atoms with Crippen LogP contribution in [0, 0.1) is 5.82 Å². The van der Waals surface area contributed by atoms with E-state index in [-0.39, 0.29) is 23.8 Å². The zero-order valence-corrected chi connectivity index (χ0v) is 13.5. The Bertz CT molecular complexity index is 704. The summed E-state index contributed by atoms with van der Waals surface area (Å²) in [7, 11) is 0. The first-order chi connectivity index (χ1) is 11.7. The highest BCUT2D eigenvalue weighted by atomic mass is 19.1. The van der Waals surface area contributed by atoms with Gasteiger partial charge in [-0.15, -0.1) is 0 Å². The van der Waals surface area contributed by atoms with Gasteiger partial charge < -0.3 is 15.4 Å². The molecule has 2 aromatic carbocycles. The third kappa shape index (κ3) is 4.19. The second-order valence-corrected chi connectivity index (χ2v) is 5.83. The molecule has 1 aliphatic rings. The molecule has 126 valence electrons. The number of nitrogens with one attached hydrogen (secondary N) is 2. The maximum absolute atomic E-state index is 14.5. The minimum Gasteiger partial charge on any atom is -0.376 e. The number of anilines is 1. The summed E-state index contributed by atoms with van der Waals surface area (Å²) in [5.41, 5.74) is 2.98. The zero-order valence-electron chi connectivity index (χ0n) is 13.5. The largest absolute Gasteiger partial charge is 0.376 e. The molecule has 0 fully saturated rings. The van der Waals surface area contributed by atoms with Gasteiger partial charge in [0.05, 0.1) is 25.3 Å². The van der Waals surface area contributed by atoms with Gasteiger partial charge in [-0.3, -0.25) is 4.79 Å². The lowest BCUT2D eigenvalue weighted by molar-refractivity contribution is -0.117. The van der Waals surface area contributed by atoms with Crippen LogP contribution < -0.4 is 10.6 Å². The molecular weight excluding hydrogens is 307 g/mol. The van der Waals surface area contributed by atoms with Gasteiger partial charge in [0.25, 0.3) is 0 Å². The SMILES string of the molecule is O=C(CCOCc1ccccc1)Nc1ccc2c(c1F)CCNC2. The van der Waals surface area contributed by atoms with Crippen molar-refractivity contribution in [2.24, 2.45) is 0 Å². The molecule has 0 saturated carbocycles. The van der Waals surface area contributed by atoms with Gasteiger partial charge in [0.1, 0.15) is 5.82 Å². The minimum absolute atomic E-state index is 0.199. The summed E-state index contributed by atoms with van der Waals surface area (Å²) in [5.74, 6) is -0.552. The number of halogens is 1. The van der Waals surface area contributed by atoms with Crippen molar-refractivity contribution in [1.29, 1.82) is 0 Å². The van der Waals surface area contributed by atoms with Crippen molar-refractivity contribution in [3.63, 3.8) is 0 Å². The first-order valence-electron chi connectivity index (χ1n) is 8.16. The average molecular weight is 328 g/mol. The van der Waals surface area contributed by atoms with E-state index in [4.69, 9.17) is 4.74 Å². The van der Waals surface area contributed by atoms with Gasteiger partial charge in [-0.1, -0.05) is 36.4 Å². The van der Waals surface area contributed by atoms with E-state index in [9.17, 15) is 9.18 Å². The zero-order chi connectivity index (χ0) is 16.8. The third-order valence-corrected chi connectivity index (χ3v) is 4.07. The summed E-state index contributed by atoms with van der Waals surface area (Å²) >= 11 is 0. The van der Waals surface area contributed by atoms with Crippen molar-refractivity contribution in [2.45, 2.75) is 26.0 Å². The maximum Gasteiger partial charge on any atom is 0.226 e. The van der Waals surface area contributed by atoms with E-state index in [0.717, 1.165) is 17.7 Å². The van der Waals surface area contributed by atoms with E-state index < -0.39 is 0 Å². The lowest BCUT2D eigenvalue weighted by Crippen LogP contribution is -2.25. The lowest BCUT2D eigenvalue weighted by Gasteiger charge is -2.19. The van der Waals surface area contributed by atoms with Crippen LogP contribution in [-0.2, 0) is 29.1 Å².